The minimum atomic E-state index is -0.370. The number of amides is 1. The van der Waals surface area contributed by atoms with E-state index in [1.54, 1.807) is 42.5 Å². The third-order valence-electron chi connectivity index (χ3n) is 4.85. The van der Waals surface area contributed by atoms with Gasteiger partial charge in [-0.2, -0.15) is 10.4 Å². The van der Waals surface area contributed by atoms with Gasteiger partial charge in [0.05, 0.1) is 29.2 Å². The van der Waals surface area contributed by atoms with Gasteiger partial charge in [-0.15, -0.1) is 0 Å². The monoisotopic (exact) mass is 385 g/mol. The Morgan fingerprint density at radius 3 is 2.90 bits per heavy atom. The van der Waals surface area contributed by atoms with Gasteiger partial charge < -0.3 is 10.6 Å². The molecular formula is C21H19N7O. The number of nitriles is 1. The number of allylic oxidation sites excluding steroid dienone is 1. The third kappa shape index (κ3) is 3.34. The number of hydrogen-bond donors (Lipinski definition) is 2. The first-order valence-electron chi connectivity index (χ1n) is 9.13. The van der Waals surface area contributed by atoms with Crippen molar-refractivity contribution in [3.05, 3.63) is 59.8 Å². The molecule has 0 fully saturated rings. The maximum Gasteiger partial charge on any atom is 0.258 e. The van der Waals surface area contributed by atoms with Crippen molar-refractivity contribution in [2.45, 2.75) is 26.8 Å². The Bertz CT molecular complexity index is 1190. The number of aryl methyl sites for hydroxylation is 1. The summed E-state index contributed by atoms with van der Waals surface area (Å²) in [5, 5.41) is 19.4. The van der Waals surface area contributed by atoms with Crippen molar-refractivity contribution in [1.82, 2.24) is 19.7 Å². The molecule has 0 aliphatic carbocycles. The number of hydrogen-bond acceptors (Lipinski definition) is 6. The zero-order valence-corrected chi connectivity index (χ0v) is 16.3. The molecule has 0 radical (unpaired) electrons. The van der Waals surface area contributed by atoms with Gasteiger partial charge in [0, 0.05) is 41.5 Å². The van der Waals surface area contributed by atoms with E-state index in [0.717, 1.165) is 22.4 Å². The number of carbonyl (C=O) groups excluding carboxylic acids is 1. The van der Waals surface area contributed by atoms with Crippen LogP contribution in [0.15, 0.2) is 48.7 Å². The quantitative estimate of drug-likeness (QED) is 0.665. The summed E-state index contributed by atoms with van der Waals surface area (Å²) in [5.74, 6) is 0.368. The van der Waals surface area contributed by atoms with E-state index in [2.05, 4.69) is 31.8 Å². The average Bonchev–Trinajstić information content (AvgIpc) is 3.30. The molecule has 8 heteroatoms. The highest BCUT2D eigenvalue weighted by Crippen LogP contribution is 2.36. The summed E-state index contributed by atoms with van der Waals surface area (Å²) in [6.07, 6.45) is 6.90. The summed E-state index contributed by atoms with van der Waals surface area (Å²) in [5.41, 5.74) is 5.37. The van der Waals surface area contributed by atoms with E-state index >= 15 is 0 Å². The fraction of sp³-hybridized carbons (Fsp3) is 0.190. The van der Waals surface area contributed by atoms with E-state index in [0.29, 0.717) is 22.8 Å². The number of fused-ring (bicyclic) bond motifs is 1. The minimum absolute atomic E-state index is 0.198. The standard InChI is InChI=1S/C21H19N7O/c1-12-4-6-23-10-16(12)17-8-15-18(11-24-17)26-21(29)20(15)14(3)25-19-5-7-28(27-19)13(2)9-22/h4-8,10-11,13H,1-3H3,(H,25,27)(H,26,29)/b20-14-/t13-/m0/s1. The Morgan fingerprint density at radius 1 is 1.31 bits per heavy atom. The number of anilines is 2. The van der Waals surface area contributed by atoms with Crippen LogP contribution < -0.4 is 10.6 Å². The Hall–Kier alpha value is -3.99. The van der Waals surface area contributed by atoms with Gasteiger partial charge in [-0.05, 0) is 38.5 Å². The number of carbonyl (C=O) groups is 1. The Kier molecular flexibility index (Phi) is 4.56. The van der Waals surface area contributed by atoms with Crippen LogP contribution in [0.25, 0.3) is 16.8 Å². The number of aromatic nitrogens is 4. The van der Waals surface area contributed by atoms with Crippen molar-refractivity contribution in [3.8, 4) is 17.3 Å². The number of rotatable bonds is 4. The lowest BCUT2D eigenvalue weighted by Crippen LogP contribution is -2.09. The molecule has 0 spiro atoms. The highest BCUT2D eigenvalue weighted by Gasteiger charge is 2.27. The fourth-order valence-electron chi connectivity index (χ4n) is 3.25. The second kappa shape index (κ2) is 7.20. The van der Waals surface area contributed by atoms with Gasteiger partial charge in [-0.25, -0.2) is 0 Å². The SMILES string of the molecule is C/C(Nc1ccn([C@@H](C)C#N)n1)=C1/C(=O)Nc2cnc(-c3cnccc3C)cc21. The topological polar surface area (TPSA) is 109 Å². The lowest BCUT2D eigenvalue weighted by Gasteiger charge is -2.09. The van der Waals surface area contributed by atoms with Crippen molar-refractivity contribution >= 4 is 23.0 Å². The van der Waals surface area contributed by atoms with Gasteiger partial charge in [0.2, 0.25) is 0 Å². The normalized spacial score (nSPS) is 15.3. The van der Waals surface area contributed by atoms with Crippen molar-refractivity contribution in [3.63, 3.8) is 0 Å². The molecule has 2 N–H and O–H groups in total. The molecule has 1 aliphatic heterocycles. The fourth-order valence-corrected chi connectivity index (χ4v) is 3.25. The van der Waals surface area contributed by atoms with E-state index in [1.807, 2.05) is 26.0 Å². The van der Waals surface area contributed by atoms with E-state index in [1.165, 1.54) is 0 Å². The first kappa shape index (κ1) is 18.4. The van der Waals surface area contributed by atoms with E-state index in [-0.39, 0.29) is 11.9 Å². The molecule has 1 amide bonds. The molecule has 4 rings (SSSR count). The van der Waals surface area contributed by atoms with Crippen LogP contribution in [0.5, 0.6) is 0 Å². The van der Waals surface area contributed by atoms with E-state index in [9.17, 15) is 4.79 Å². The molecule has 144 valence electrons. The zero-order valence-electron chi connectivity index (χ0n) is 16.3. The Morgan fingerprint density at radius 2 is 2.14 bits per heavy atom. The molecular weight excluding hydrogens is 366 g/mol. The first-order valence-corrected chi connectivity index (χ1v) is 9.13. The number of pyridine rings is 2. The van der Waals surface area contributed by atoms with Crippen molar-refractivity contribution in [2.75, 3.05) is 10.6 Å². The van der Waals surface area contributed by atoms with Crippen LogP contribution in [0.3, 0.4) is 0 Å². The molecule has 0 saturated heterocycles. The van der Waals surface area contributed by atoms with Gasteiger partial charge in [-0.3, -0.25) is 19.4 Å². The summed E-state index contributed by atoms with van der Waals surface area (Å²) < 4.78 is 1.57. The molecule has 1 aliphatic rings. The van der Waals surface area contributed by atoms with Crippen molar-refractivity contribution < 1.29 is 4.79 Å². The van der Waals surface area contributed by atoms with Gasteiger partial charge in [0.25, 0.3) is 5.91 Å². The van der Waals surface area contributed by atoms with Gasteiger partial charge in [-0.1, -0.05) is 0 Å². The lowest BCUT2D eigenvalue weighted by molar-refractivity contribution is -0.110. The van der Waals surface area contributed by atoms with Gasteiger partial charge >= 0.3 is 0 Å². The summed E-state index contributed by atoms with van der Waals surface area (Å²) in [4.78, 5) is 21.3. The molecule has 1 atom stereocenters. The molecule has 3 aromatic heterocycles. The van der Waals surface area contributed by atoms with Gasteiger partial charge in [0.15, 0.2) is 5.82 Å². The number of nitrogens with zero attached hydrogens (tertiary/aromatic N) is 5. The molecule has 0 bridgehead atoms. The molecule has 0 aromatic carbocycles. The van der Waals surface area contributed by atoms with Crippen LogP contribution in [0.1, 0.15) is 31.0 Å². The summed E-state index contributed by atoms with van der Waals surface area (Å²) in [6.45, 7) is 5.58. The molecule has 0 unspecified atom stereocenters. The number of nitrogens with one attached hydrogen (secondary N) is 2. The maximum absolute atomic E-state index is 12.6. The Labute approximate surface area is 167 Å². The molecule has 8 nitrogen and oxygen atoms in total. The van der Waals surface area contributed by atoms with Crippen LogP contribution in [0.4, 0.5) is 11.5 Å². The largest absolute Gasteiger partial charge is 0.342 e. The predicted octanol–water partition coefficient (Wildman–Crippen LogP) is 3.53. The van der Waals surface area contributed by atoms with Crippen LogP contribution in [-0.4, -0.2) is 25.7 Å². The summed E-state index contributed by atoms with van der Waals surface area (Å²) in [6, 6.07) is 7.35. The molecule has 29 heavy (non-hydrogen) atoms. The minimum Gasteiger partial charge on any atom is -0.342 e. The van der Waals surface area contributed by atoms with Gasteiger partial charge in [0.1, 0.15) is 6.04 Å². The highest BCUT2D eigenvalue weighted by atomic mass is 16.2. The lowest BCUT2D eigenvalue weighted by atomic mass is 10.0. The average molecular weight is 385 g/mol. The second-order valence-electron chi connectivity index (χ2n) is 6.87. The van der Waals surface area contributed by atoms with Crippen molar-refractivity contribution in [1.29, 1.82) is 5.26 Å². The van der Waals surface area contributed by atoms with Crippen LogP contribution >= 0.6 is 0 Å². The highest BCUT2D eigenvalue weighted by molar-refractivity contribution is 6.32. The zero-order chi connectivity index (χ0) is 20.5. The smallest absolute Gasteiger partial charge is 0.258 e. The van der Waals surface area contributed by atoms with Crippen LogP contribution in [-0.2, 0) is 4.79 Å². The second-order valence-corrected chi connectivity index (χ2v) is 6.87. The van der Waals surface area contributed by atoms with Crippen LogP contribution in [0.2, 0.25) is 0 Å². The predicted molar refractivity (Wildman–Crippen MR) is 110 cm³/mol. The maximum atomic E-state index is 12.6. The van der Waals surface area contributed by atoms with E-state index < -0.39 is 0 Å². The molecule has 0 saturated carbocycles. The molecule has 4 heterocycles. The molecule has 3 aromatic rings. The van der Waals surface area contributed by atoms with E-state index in [4.69, 9.17) is 5.26 Å². The third-order valence-corrected chi connectivity index (χ3v) is 4.85. The Balaban J connectivity index is 1.71. The summed E-state index contributed by atoms with van der Waals surface area (Å²) in [7, 11) is 0. The summed E-state index contributed by atoms with van der Waals surface area (Å²) >= 11 is 0. The van der Waals surface area contributed by atoms with Crippen molar-refractivity contribution in [2.24, 2.45) is 0 Å². The first-order chi connectivity index (χ1) is 14.0. The van der Waals surface area contributed by atoms with Crippen LogP contribution in [0, 0.1) is 18.3 Å².